The molecule has 1 N–H and O–H groups in total. The molecule has 1 atom stereocenters. The highest BCUT2D eigenvalue weighted by Gasteiger charge is 2.16. The van der Waals surface area contributed by atoms with Crippen LogP contribution in [-0.4, -0.2) is 30.6 Å². The minimum Gasteiger partial charge on any atom is -0.381 e. The molecule has 1 unspecified atom stereocenters. The Labute approximate surface area is 123 Å². The van der Waals surface area contributed by atoms with Crippen molar-refractivity contribution in [1.82, 2.24) is 4.90 Å². The van der Waals surface area contributed by atoms with Crippen LogP contribution in [0.4, 0.5) is 5.69 Å². The van der Waals surface area contributed by atoms with Gasteiger partial charge in [-0.05, 0) is 50.6 Å². The van der Waals surface area contributed by atoms with E-state index in [4.69, 9.17) is 11.6 Å². The van der Waals surface area contributed by atoms with Gasteiger partial charge >= 0.3 is 0 Å². The molecule has 0 aromatic heterocycles. The van der Waals surface area contributed by atoms with Crippen LogP contribution < -0.4 is 5.32 Å². The lowest BCUT2D eigenvalue weighted by molar-refractivity contribution is 0.300. The maximum atomic E-state index is 6.24. The zero-order chi connectivity index (χ0) is 13.0. The SMILES string of the molecule is CCN1CCCC(Nc2ccc(Br)cc2Cl)CC1. The van der Waals surface area contributed by atoms with Crippen LogP contribution >= 0.6 is 27.5 Å². The molecule has 1 heterocycles. The van der Waals surface area contributed by atoms with Crippen LogP contribution in [0.15, 0.2) is 22.7 Å². The van der Waals surface area contributed by atoms with E-state index in [1.54, 1.807) is 0 Å². The van der Waals surface area contributed by atoms with Crippen molar-refractivity contribution in [2.75, 3.05) is 25.0 Å². The molecule has 2 rings (SSSR count). The first-order valence-corrected chi connectivity index (χ1v) is 7.80. The van der Waals surface area contributed by atoms with Crippen LogP contribution in [0.5, 0.6) is 0 Å². The van der Waals surface area contributed by atoms with E-state index in [1.165, 1.54) is 32.4 Å². The summed E-state index contributed by atoms with van der Waals surface area (Å²) in [5.41, 5.74) is 1.05. The van der Waals surface area contributed by atoms with Crippen molar-refractivity contribution >= 4 is 33.2 Å². The third-order valence-electron chi connectivity index (χ3n) is 3.56. The van der Waals surface area contributed by atoms with Crippen molar-refractivity contribution in [3.05, 3.63) is 27.7 Å². The van der Waals surface area contributed by atoms with Crippen molar-refractivity contribution < 1.29 is 0 Å². The Kier molecular flexibility index (Phi) is 5.34. The molecule has 0 bridgehead atoms. The van der Waals surface area contributed by atoms with Crippen LogP contribution in [0.25, 0.3) is 0 Å². The molecule has 1 saturated heterocycles. The molecule has 18 heavy (non-hydrogen) atoms. The number of hydrogen-bond acceptors (Lipinski definition) is 2. The summed E-state index contributed by atoms with van der Waals surface area (Å²) in [6.45, 7) is 5.80. The van der Waals surface area contributed by atoms with Crippen molar-refractivity contribution in [3.8, 4) is 0 Å². The Bertz CT molecular complexity index is 397. The molecular weight excluding hydrogens is 312 g/mol. The number of rotatable bonds is 3. The normalized spacial score (nSPS) is 21.6. The van der Waals surface area contributed by atoms with E-state index in [0.29, 0.717) is 6.04 Å². The van der Waals surface area contributed by atoms with E-state index in [9.17, 15) is 0 Å². The number of halogens is 2. The van der Waals surface area contributed by atoms with Gasteiger partial charge in [0.05, 0.1) is 10.7 Å². The number of anilines is 1. The van der Waals surface area contributed by atoms with Crippen LogP contribution in [0.3, 0.4) is 0 Å². The van der Waals surface area contributed by atoms with Gasteiger partial charge in [-0.2, -0.15) is 0 Å². The molecule has 1 aromatic rings. The second-order valence-corrected chi connectivity index (χ2v) is 6.15. The van der Waals surface area contributed by atoms with Gasteiger partial charge in [-0.15, -0.1) is 0 Å². The lowest BCUT2D eigenvalue weighted by Gasteiger charge is -2.20. The van der Waals surface area contributed by atoms with Crippen LogP contribution in [0.2, 0.25) is 5.02 Å². The summed E-state index contributed by atoms with van der Waals surface area (Å²) in [5, 5.41) is 4.37. The van der Waals surface area contributed by atoms with Gasteiger partial charge in [-0.1, -0.05) is 34.5 Å². The van der Waals surface area contributed by atoms with Crippen LogP contribution in [0, 0.1) is 0 Å². The number of benzene rings is 1. The Balaban J connectivity index is 1.96. The van der Waals surface area contributed by atoms with E-state index < -0.39 is 0 Å². The molecule has 0 amide bonds. The van der Waals surface area contributed by atoms with Gasteiger partial charge in [0.1, 0.15) is 0 Å². The van der Waals surface area contributed by atoms with E-state index >= 15 is 0 Å². The summed E-state index contributed by atoms with van der Waals surface area (Å²) >= 11 is 9.67. The van der Waals surface area contributed by atoms with E-state index in [1.807, 2.05) is 12.1 Å². The maximum absolute atomic E-state index is 6.24. The average Bonchev–Trinajstić information content (AvgIpc) is 2.58. The summed E-state index contributed by atoms with van der Waals surface area (Å²) in [6.07, 6.45) is 3.68. The van der Waals surface area contributed by atoms with Crippen LogP contribution in [0.1, 0.15) is 26.2 Å². The Morgan fingerprint density at radius 2 is 2.22 bits per heavy atom. The van der Waals surface area contributed by atoms with Gasteiger partial charge in [-0.3, -0.25) is 0 Å². The first-order chi connectivity index (χ1) is 8.69. The largest absolute Gasteiger partial charge is 0.381 e. The fraction of sp³-hybridized carbons (Fsp3) is 0.571. The zero-order valence-corrected chi connectivity index (χ0v) is 13.1. The molecule has 2 nitrogen and oxygen atoms in total. The highest BCUT2D eigenvalue weighted by molar-refractivity contribution is 9.10. The van der Waals surface area contributed by atoms with Gasteiger partial charge in [0.25, 0.3) is 0 Å². The number of nitrogens with one attached hydrogen (secondary N) is 1. The maximum Gasteiger partial charge on any atom is 0.0648 e. The third kappa shape index (κ3) is 3.87. The molecule has 0 saturated carbocycles. The molecule has 0 spiro atoms. The molecule has 1 aliphatic rings. The average molecular weight is 332 g/mol. The predicted molar refractivity (Wildman–Crippen MR) is 82.5 cm³/mol. The minimum absolute atomic E-state index is 0.542. The van der Waals surface area contributed by atoms with Gasteiger partial charge in [0.15, 0.2) is 0 Å². The first-order valence-electron chi connectivity index (χ1n) is 6.63. The zero-order valence-electron chi connectivity index (χ0n) is 10.8. The molecule has 4 heteroatoms. The predicted octanol–water partition coefficient (Wildman–Crippen LogP) is 4.39. The van der Waals surface area contributed by atoms with Crippen LogP contribution in [-0.2, 0) is 0 Å². The fourth-order valence-corrected chi connectivity index (χ4v) is 3.17. The molecule has 1 aromatic carbocycles. The fourth-order valence-electron chi connectivity index (χ4n) is 2.44. The van der Waals surface area contributed by atoms with E-state index in [0.717, 1.165) is 21.7 Å². The Hall–Kier alpha value is -0.250. The summed E-state index contributed by atoms with van der Waals surface area (Å²) in [6, 6.07) is 6.57. The van der Waals surface area contributed by atoms with Crippen molar-refractivity contribution in [3.63, 3.8) is 0 Å². The van der Waals surface area contributed by atoms with Gasteiger partial charge < -0.3 is 10.2 Å². The molecule has 1 aliphatic heterocycles. The quantitative estimate of drug-likeness (QED) is 0.883. The minimum atomic E-state index is 0.542. The smallest absolute Gasteiger partial charge is 0.0648 e. The second-order valence-electron chi connectivity index (χ2n) is 4.83. The summed E-state index contributed by atoms with van der Waals surface area (Å²) in [7, 11) is 0. The Morgan fingerprint density at radius 1 is 1.39 bits per heavy atom. The third-order valence-corrected chi connectivity index (χ3v) is 4.36. The first kappa shape index (κ1) is 14.2. The van der Waals surface area contributed by atoms with Gasteiger partial charge in [-0.25, -0.2) is 0 Å². The molecule has 1 fully saturated rings. The topological polar surface area (TPSA) is 15.3 Å². The standard InChI is InChI=1S/C14H20BrClN2/c1-2-18-8-3-4-12(7-9-18)17-14-6-5-11(15)10-13(14)16/h5-6,10,12,17H,2-4,7-9H2,1H3. The lowest BCUT2D eigenvalue weighted by atomic mass is 10.1. The molecule has 100 valence electrons. The second kappa shape index (κ2) is 6.78. The van der Waals surface area contributed by atoms with E-state index in [2.05, 4.69) is 39.1 Å². The number of hydrogen-bond donors (Lipinski definition) is 1. The van der Waals surface area contributed by atoms with E-state index in [-0.39, 0.29) is 0 Å². The highest BCUT2D eigenvalue weighted by Crippen LogP contribution is 2.27. The monoisotopic (exact) mass is 330 g/mol. The highest BCUT2D eigenvalue weighted by atomic mass is 79.9. The van der Waals surface area contributed by atoms with Gasteiger partial charge in [0, 0.05) is 17.1 Å². The summed E-state index contributed by atoms with van der Waals surface area (Å²) in [5.74, 6) is 0. The number of nitrogens with zero attached hydrogens (tertiary/aromatic N) is 1. The number of likely N-dealkylation sites (tertiary alicyclic amines) is 1. The molecule has 0 radical (unpaired) electrons. The van der Waals surface area contributed by atoms with Crippen molar-refractivity contribution in [2.24, 2.45) is 0 Å². The molecule has 0 aliphatic carbocycles. The van der Waals surface area contributed by atoms with Gasteiger partial charge in [0.2, 0.25) is 0 Å². The van der Waals surface area contributed by atoms with Crippen molar-refractivity contribution in [1.29, 1.82) is 0 Å². The summed E-state index contributed by atoms with van der Waals surface area (Å²) in [4.78, 5) is 2.52. The molecular formula is C14H20BrClN2. The van der Waals surface area contributed by atoms with Crippen molar-refractivity contribution in [2.45, 2.75) is 32.2 Å². The lowest BCUT2D eigenvalue weighted by Crippen LogP contribution is -2.26. The summed E-state index contributed by atoms with van der Waals surface area (Å²) < 4.78 is 1.02. The Morgan fingerprint density at radius 3 is 2.94 bits per heavy atom.